The molecule has 1 aromatic carbocycles. The molecule has 0 unspecified atom stereocenters. The van der Waals surface area contributed by atoms with Crippen molar-refractivity contribution in [2.45, 2.75) is 23.7 Å². The van der Waals surface area contributed by atoms with Crippen molar-refractivity contribution in [3.05, 3.63) is 29.3 Å². The molecule has 0 aromatic heterocycles. The number of aromatic carboxylic acids is 1. The molecule has 2 rings (SSSR count). The monoisotopic (exact) mass is 208 g/mol. The summed E-state index contributed by atoms with van der Waals surface area (Å²) in [5, 5.41) is 8.92. The highest BCUT2D eigenvalue weighted by Crippen LogP contribution is 2.41. The van der Waals surface area contributed by atoms with Crippen molar-refractivity contribution in [2.75, 3.05) is 6.26 Å². The van der Waals surface area contributed by atoms with Crippen LogP contribution in [0.1, 0.15) is 34.7 Å². The van der Waals surface area contributed by atoms with Gasteiger partial charge in [-0.05, 0) is 48.8 Å². The molecule has 0 bridgehead atoms. The summed E-state index contributed by atoms with van der Waals surface area (Å²) in [7, 11) is 0. The lowest BCUT2D eigenvalue weighted by Crippen LogP contribution is -1.97. The van der Waals surface area contributed by atoms with Gasteiger partial charge in [0.05, 0.1) is 5.56 Å². The van der Waals surface area contributed by atoms with Crippen LogP contribution in [0.25, 0.3) is 0 Å². The normalized spacial score (nSPS) is 15.5. The van der Waals surface area contributed by atoms with Crippen LogP contribution in [0.4, 0.5) is 0 Å². The van der Waals surface area contributed by atoms with Gasteiger partial charge in [0.1, 0.15) is 0 Å². The first kappa shape index (κ1) is 9.59. The minimum atomic E-state index is -0.831. The van der Waals surface area contributed by atoms with E-state index in [2.05, 4.69) is 6.07 Å². The number of carboxylic acid groups (broad SMARTS) is 1. The fourth-order valence-corrected chi connectivity index (χ4v) is 2.01. The molecular weight excluding hydrogens is 196 g/mol. The molecule has 0 atom stereocenters. The van der Waals surface area contributed by atoms with Crippen molar-refractivity contribution in [1.82, 2.24) is 0 Å². The van der Waals surface area contributed by atoms with E-state index in [0.29, 0.717) is 11.5 Å². The third kappa shape index (κ3) is 1.93. The molecule has 1 saturated carbocycles. The Morgan fingerprint density at radius 2 is 2.14 bits per heavy atom. The molecule has 2 nitrogen and oxygen atoms in total. The maximum absolute atomic E-state index is 10.9. The standard InChI is InChI=1S/C11H12O2S/c1-14-10-5-8(7-2-3-7)4-9(6-10)11(12)13/h4-7H,2-3H2,1H3,(H,12,13). The second-order valence-electron chi connectivity index (χ2n) is 3.57. The predicted molar refractivity (Wildman–Crippen MR) is 57.2 cm³/mol. The molecule has 74 valence electrons. The number of carboxylic acids is 1. The molecule has 3 heteroatoms. The number of hydrogen-bond donors (Lipinski definition) is 1. The smallest absolute Gasteiger partial charge is 0.335 e. The molecular formula is C11H12O2S. The Hall–Kier alpha value is -0.960. The van der Waals surface area contributed by atoms with Crippen molar-refractivity contribution in [1.29, 1.82) is 0 Å². The van der Waals surface area contributed by atoms with Gasteiger partial charge in [-0.25, -0.2) is 4.79 Å². The highest BCUT2D eigenvalue weighted by molar-refractivity contribution is 7.98. The molecule has 14 heavy (non-hydrogen) atoms. The Kier molecular flexibility index (Phi) is 2.50. The van der Waals surface area contributed by atoms with Crippen LogP contribution in [0, 0.1) is 0 Å². The molecule has 0 heterocycles. The second-order valence-corrected chi connectivity index (χ2v) is 4.45. The van der Waals surface area contributed by atoms with Crippen LogP contribution in [-0.4, -0.2) is 17.3 Å². The minimum Gasteiger partial charge on any atom is -0.478 e. The fraction of sp³-hybridized carbons (Fsp3) is 0.364. The highest BCUT2D eigenvalue weighted by Gasteiger charge is 2.24. The van der Waals surface area contributed by atoms with Crippen LogP contribution in [0.3, 0.4) is 0 Å². The third-order valence-corrected chi connectivity index (χ3v) is 3.17. The first-order valence-corrected chi connectivity index (χ1v) is 5.85. The number of rotatable bonds is 3. The van der Waals surface area contributed by atoms with E-state index in [1.54, 1.807) is 23.9 Å². The van der Waals surface area contributed by atoms with Gasteiger partial charge in [0, 0.05) is 4.90 Å². The summed E-state index contributed by atoms with van der Waals surface area (Å²) in [4.78, 5) is 11.9. The summed E-state index contributed by atoms with van der Waals surface area (Å²) in [6, 6.07) is 5.65. The Morgan fingerprint density at radius 3 is 2.64 bits per heavy atom. The van der Waals surface area contributed by atoms with E-state index in [1.165, 1.54) is 18.4 Å². The van der Waals surface area contributed by atoms with Gasteiger partial charge in [0.15, 0.2) is 0 Å². The summed E-state index contributed by atoms with van der Waals surface area (Å²) in [6.07, 6.45) is 4.38. The Labute approximate surface area is 87.3 Å². The predicted octanol–water partition coefficient (Wildman–Crippen LogP) is 2.98. The third-order valence-electron chi connectivity index (χ3n) is 2.46. The summed E-state index contributed by atoms with van der Waals surface area (Å²) < 4.78 is 0. The van der Waals surface area contributed by atoms with Crippen molar-refractivity contribution in [2.24, 2.45) is 0 Å². The molecule has 1 aliphatic rings. The molecule has 0 radical (unpaired) electrons. The summed E-state index contributed by atoms with van der Waals surface area (Å²) >= 11 is 1.60. The molecule has 0 amide bonds. The molecule has 0 saturated heterocycles. The van der Waals surface area contributed by atoms with Gasteiger partial charge in [0.25, 0.3) is 0 Å². The number of thioether (sulfide) groups is 1. The maximum atomic E-state index is 10.9. The van der Waals surface area contributed by atoms with Crippen LogP contribution in [0.5, 0.6) is 0 Å². The van der Waals surface area contributed by atoms with E-state index in [-0.39, 0.29) is 0 Å². The topological polar surface area (TPSA) is 37.3 Å². The van der Waals surface area contributed by atoms with Gasteiger partial charge in [-0.2, -0.15) is 0 Å². The largest absolute Gasteiger partial charge is 0.478 e. The quantitative estimate of drug-likeness (QED) is 0.776. The highest BCUT2D eigenvalue weighted by atomic mass is 32.2. The SMILES string of the molecule is CSc1cc(C(=O)O)cc(C2CC2)c1. The average Bonchev–Trinajstić information content (AvgIpc) is 3.00. The lowest BCUT2D eigenvalue weighted by molar-refractivity contribution is 0.0696. The van der Waals surface area contributed by atoms with Crippen molar-refractivity contribution < 1.29 is 9.90 Å². The van der Waals surface area contributed by atoms with Crippen molar-refractivity contribution >= 4 is 17.7 Å². The van der Waals surface area contributed by atoms with E-state index < -0.39 is 5.97 Å². The Balaban J connectivity index is 2.40. The van der Waals surface area contributed by atoms with Crippen LogP contribution in [0.15, 0.2) is 23.1 Å². The first-order chi connectivity index (χ1) is 6.70. The second kappa shape index (κ2) is 3.65. The minimum absolute atomic E-state index is 0.416. The van der Waals surface area contributed by atoms with Crippen LogP contribution < -0.4 is 0 Å². The van der Waals surface area contributed by atoms with E-state index in [9.17, 15) is 4.79 Å². The van der Waals surface area contributed by atoms with Gasteiger partial charge in [-0.3, -0.25) is 0 Å². The van der Waals surface area contributed by atoms with E-state index >= 15 is 0 Å². The van der Waals surface area contributed by atoms with Gasteiger partial charge < -0.3 is 5.11 Å². The zero-order chi connectivity index (χ0) is 10.1. The zero-order valence-corrected chi connectivity index (χ0v) is 8.80. The summed E-state index contributed by atoms with van der Waals surface area (Å²) in [6.45, 7) is 0. The molecule has 1 N–H and O–H groups in total. The average molecular weight is 208 g/mol. The van der Waals surface area contributed by atoms with Gasteiger partial charge in [-0.15, -0.1) is 11.8 Å². The Bertz CT molecular complexity index is 370. The maximum Gasteiger partial charge on any atom is 0.335 e. The molecule has 1 aromatic rings. The van der Waals surface area contributed by atoms with E-state index in [1.807, 2.05) is 6.26 Å². The lowest BCUT2D eigenvalue weighted by atomic mass is 10.1. The van der Waals surface area contributed by atoms with Crippen molar-refractivity contribution in [3.63, 3.8) is 0 Å². The lowest BCUT2D eigenvalue weighted by Gasteiger charge is -2.04. The van der Waals surface area contributed by atoms with E-state index in [0.717, 1.165) is 4.90 Å². The van der Waals surface area contributed by atoms with Gasteiger partial charge in [-0.1, -0.05) is 0 Å². The van der Waals surface area contributed by atoms with Crippen LogP contribution in [-0.2, 0) is 0 Å². The van der Waals surface area contributed by atoms with Crippen molar-refractivity contribution in [3.8, 4) is 0 Å². The Morgan fingerprint density at radius 1 is 1.43 bits per heavy atom. The van der Waals surface area contributed by atoms with Crippen LogP contribution >= 0.6 is 11.8 Å². The number of carbonyl (C=O) groups is 1. The summed E-state index contributed by atoms with van der Waals surface area (Å²) in [5.74, 6) is -0.219. The first-order valence-electron chi connectivity index (χ1n) is 4.63. The molecule has 1 fully saturated rings. The van der Waals surface area contributed by atoms with Gasteiger partial charge in [0.2, 0.25) is 0 Å². The number of benzene rings is 1. The number of hydrogen-bond acceptors (Lipinski definition) is 2. The zero-order valence-electron chi connectivity index (χ0n) is 7.99. The molecule has 0 spiro atoms. The summed E-state index contributed by atoms with van der Waals surface area (Å²) in [5.41, 5.74) is 1.60. The molecule has 1 aliphatic carbocycles. The van der Waals surface area contributed by atoms with E-state index in [4.69, 9.17) is 5.11 Å². The van der Waals surface area contributed by atoms with Gasteiger partial charge >= 0.3 is 5.97 Å². The fourth-order valence-electron chi connectivity index (χ4n) is 1.52. The van der Waals surface area contributed by atoms with Crippen LogP contribution in [0.2, 0.25) is 0 Å². The molecule has 0 aliphatic heterocycles.